The average molecular weight is 316 g/mol. The van der Waals surface area contributed by atoms with E-state index < -0.39 is 0 Å². The van der Waals surface area contributed by atoms with E-state index >= 15 is 0 Å². The van der Waals surface area contributed by atoms with Crippen LogP contribution in [0.25, 0.3) is 11.5 Å². The maximum atomic E-state index is 13.2. The van der Waals surface area contributed by atoms with Gasteiger partial charge in [-0.1, -0.05) is 17.8 Å². The van der Waals surface area contributed by atoms with Crippen molar-refractivity contribution in [1.29, 1.82) is 0 Å². The predicted octanol–water partition coefficient (Wildman–Crippen LogP) is 3.45. The molecule has 112 valence electrons. The fourth-order valence-corrected chi connectivity index (χ4v) is 2.68. The summed E-state index contributed by atoms with van der Waals surface area (Å²) in [6, 6.07) is 7.83. The highest BCUT2D eigenvalue weighted by atomic mass is 32.2. The van der Waals surface area contributed by atoms with E-state index in [1.165, 1.54) is 23.9 Å². The van der Waals surface area contributed by atoms with Crippen LogP contribution in [-0.2, 0) is 5.75 Å². The summed E-state index contributed by atoms with van der Waals surface area (Å²) < 4.78 is 18.6. The molecular formula is C15H13FN4OS. The van der Waals surface area contributed by atoms with Gasteiger partial charge in [0.05, 0.1) is 5.69 Å². The van der Waals surface area contributed by atoms with Gasteiger partial charge in [-0.15, -0.1) is 0 Å². The Morgan fingerprint density at radius 3 is 2.86 bits per heavy atom. The lowest BCUT2D eigenvalue weighted by molar-refractivity contribution is 0.571. The van der Waals surface area contributed by atoms with Crippen molar-refractivity contribution >= 4 is 17.6 Å². The molecule has 2 aromatic heterocycles. The summed E-state index contributed by atoms with van der Waals surface area (Å²) in [6.07, 6.45) is 1.55. The van der Waals surface area contributed by atoms with Gasteiger partial charge in [0.1, 0.15) is 17.9 Å². The van der Waals surface area contributed by atoms with E-state index in [2.05, 4.69) is 15.0 Å². The highest BCUT2D eigenvalue weighted by Gasteiger charge is 2.09. The highest BCUT2D eigenvalue weighted by molar-refractivity contribution is 7.98. The van der Waals surface area contributed by atoms with Crippen LogP contribution in [0, 0.1) is 12.7 Å². The molecule has 0 fully saturated rings. The molecule has 2 N–H and O–H groups in total. The van der Waals surface area contributed by atoms with Gasteiger partial charge in [-0.3, -0.25) is 0 Å². The number of aryl methyl sites for hydroxylation is 1. The summed E-state index contributed by atoms with van der Waals surface area (Å²) in [5.41, 5.74) is 7.84. The molecule has 0 spiro atoms. The zero-order valence-electron chi connectivity index (χ0n) is 11.8. The van der Waals surface area contributed by atoms with Crippen molar-refractivity contribution in [2.75, 3.05) is 5.73 Å². The minimum absolute atomic E-state index is 0.324. The first-order valence-corrected chi connectivity index (χ1v) is 7.53. The van der Waals surface area contributed by atoms with Crippen molar-refractivity contribution in [3.05, 3.63) is 53.8 Å². The van der Waals surface area contributed by atoms with Gasteiger partial charge in [0.2, 0.25) is 5.89 Å². The summed E-state index contributed by atoms with van der Waals surface area (Å²) in [7, 11) is 0. The van der Waals surface area contributed by atoms with Crippen LogP contribution in [0.5, 0.6) is 0 Å². The van der Waals surface area contributed by atoms with Gasteiger partial charge in [0.25, 0.3) is 0 Å². The number of oxazole rings is 1. The van der Waals surface area contributed by atoms with E-state index in [4.69, 9.17) is 10.2 Å². The monoisotopic (exact) mass is 316 g/mol. The van der Waals surface area contributed by atoms with Crippen LogP contribution < -0.4 is 5.73 Å². The van der Waals surface area contributed by atoms with Gasteiger partial charge in [-0.05, 0) is 25.1 Å². The fourth-order valence-electron chi connectivity index (χ4n) is 1.90. The predicted molar refractivity (Wildman–Crippen MR) is 82.6 cm³/mol. The highest BCUT2D eigenvalue weighted by Crippen LogP contribution is 2.24. The lowest BCUT2D eigenvalue weighted by Gasteiger charge is -2.00. The average Bonchev–Trinajstić information content (AvgIpc) is 2.93. The number of nitrogens with two attached hydrogens (primary N) is 1. The molecule has 0 atom stereocenters. The summed E-state index contributed by atoms with van der Waals surface area (Å²) in [5, 5.41) is 0.591. The summed E-state index contributed by atoms with van der Waals surface area (Å²) >= 11 is 1.41. The van der Waals surface area contributed by atoms with Crippen molar-refractivity contribution in [3.63, 3.8) is 0 Å². The number of anilines is 1. The van der Waals surface area contributed by atoms with Crippen molar-refractivity contribution in [2.45, 2.75) is 17.8 Å². The summed E-state index contributed by atoms with van der Waals surface area (Å²) in [6.45, 7) is 1.86. The van der Waals surface area contributed by atoms with Gasteiger partial charge in [0, 0.05) is 23.1 Å². The number of thioether (sulfide) groups is 1. The molecule has 7 heteroatoms. The largest absolute Gasteiger partial charge is 0.444 e. The lowest BCUT2D eigenvalue weighted by Crippen LogP contribution is -1.96. The molecule has 0 unspecified atom stereocenters. The van der Waals surface area contributed by atoms with Crippen LogP contribution in [-0.4, -0.2) is 15.0 Å². The Kier molecular flexibility index (Phi) is 4.06. The number of hydrogen-bond donors (Lipinski definition) is 1. The van der Waals surface area contributed by atoms with Gasteiger partial charge >= 0.3 is 0 Å². The molecule has 0 radical (unpaired) electrons. The van der Waals surface area contributed by atoms with Gasteiger partial charge < -0.3 is 10.2 Å². The molecule has 0 saturated heterocycles. The molecule has 3 rings (SSSR count). The smallest absolute Gasteiger partial charge is 0.226 e. The third-order valence-corrected chi connectivity index (χ3v) is 3.71. The Morgan fingerprint density at radius 2 is 2.09 bits per heavy atom. The van der Waals surface area contributed by atoms with Crippen molar-refractivity contribution < 1.29 is 8.81 Å². The number of hydrogen-bond acceptors (Lipinski definition) is 6. The Balaban J connectivity index is 1.72. The van der Waals surface area contributed by atoms with Gasteiger partial charge in [0.15, 0.2) is 5.16 Å². The lowest BCUT2D eigenvalue weighted by atomic mass is 10.2. The third kappa shape index (κ3) is 3.43. The van der Waals surface area contributed by atoms with E-state index in [0.29, 0.717) is 28.2 Å². The van der Waals surface area contributed by atoms with Gasteiger partial charge in [-0.2, -0.15) is 0 Å². The zero-order chi connectivity index (χ0) is 15.5. The quantitative estimate of drug-likeness (QED) is 0.587. The van der Waals surface area contributed by atoms with Crippen molar-refractivity contribution in [1.82, 2.24) is 15.0 Å². The van der Waals surface area contributed by atoms with E-state index in [1.54, 1.807) is 24.5 Å². The molecule has 0 aliphatic heterocycles. The van der Waals surface area contributed by atoms with Gasteiger partial charge in [-0.25, -0.2) is 19.3 Å². The van der Waals surface area contributed by atoms with E-state index in [1.807, 2.05) is 6.92 Å². The number of rotatable bonds is 4. The second-order valence-electron chi connectivity index (χ2n) is 4.66. The number of aromatic nitrogens is 3. The third-order valence-electron chi connectivity index (χ3n) is 2.83. The minimum Gasteiger partial charge on any atom is -0.444 e. The summed E-state index contributed by atoms with van der Waals surface area (Å²) in [5.74, 6) is 1.05. The Morgan fingerprint density at radius 1 is 1.23 bits per heavy atom. The van der Waals surface area contributed by atoms with E-state index in [-0.39, 0.29) is 5.82 Å². The van der Waals surface area contributed by atoms with Crippen molar-refractivity contribution in [3.8, 4) is 11.5 Å². The maximum Gasteiger partial charge on any atom is 0.226 e. The molecule has 22 heavy (non-hydrogen) atoms. The van der Waals surface area contributed by atoms with Crippen LogP contribution in [0.3, 0.4) is 0 Å². The SMILES string of the molecule is Cc1cc(N)nc(SCc2coc(-c3cccc(F)c3)n2)n1. The zero-order valence-corrected chi connectivity index (χ0v) is 12.6. The summed E-state index contributed by atoms with van der Waals surface area (Å²) in [4.78, 5) is 12.8. The molecule has 3 aromatic rings. The Bertz CT molecular complexity index is 785. The van der Waals surface area contributed by atoms with E-state index in [9.17, 15) is 4.39 Å². The van der Waals surface area contributed by atoms with Crippen LogP contribution in [0.15, 0.2) is 46.2 Å². The van der Waals surface area contributed by atoms with Crippen LogP contribution >= 0.6 is 11.8 Å². The molecule has 2 heterocycles. The fraction of sp³-hybridized carbons (Fsp3) is 0.133. The van der Waals surface area contributed by atoms with Crippen LogP contribution in [0.2, 0.25) is 0 Å². The topological polar surface area (TPSA) is 77.8 Å². The number of nitrogens with zero attached hydrogens (tertiary/aromatic N) is 3. The maximum absolute atomic E-state index is 13.2. The molecule has 5 nitrogen and oxygen atoms in total. The van der Waals surface area contributed by atoms with E-state index in [0.717, 1.165) is 11.4 Å². The molecule has 0 aliphatic carbocycles. The first-order chi connectivity index (χ1) is 10.6. The second-order valence-corrected chi connectivity index (χ2v) is 5.60. The first-order valence-electron chi connectivity index (χ1n) is 6.54. The molecule has 1 aromatic carbocycles. The molecule has 0 amide bonds. The molecule has 0 bridgehead atoms. The molecular weight excluding hydrogens is 303 g/mol. The Hall–Kier alpha value is -2.41. The number of nitrogen functional groups attached to an aromatic ring is 1. The molecule has 0 saturated carbocycles. The number of benzene rings is 1. The first kappa shape index (κ1) is 14.5. The normalized spacial score (nSPS) is 10.8. The van der Waals surface area contributed by atoms with Crippen LogP contribution in [0.1, 0.15) is 11.4 Å². The second kappa shape index (κ2) is 6.15. The number of halogens is 1. The standard InChI is InChI=1S/C15H13FN4OS/c1-9-5-13(17)20-15(18-9)22-8-12-7-21-14(19-12)10-3-2-4-11(16)6-10/h2-7H,8H2,1H3,(H2,17,18,20). The Labute approximate surface area is 130 Å². The van der Waals surface area contributed by atoms with Crippen LogP contribution in [0.4, 0.5) is 10.2 Å². The van der Waals surface area contributed by atoms with Crippen molar-refractivity contribution in [2.24, 2.45) is 0 Å². The molecule has 0 aliphatic rings. The minimum atomic E-state index is -0.324.